The van der Waals surface area contributed by atoms with Gasteiger partial charge >= 0.3 is 0 Å². The van der Waals surface area contributed by atoms with E-state index in [4.69, 9.17) is 18.9 Å². The van der Waals surface area contributed by atoms with Crippen molar-refractivity contribution in [2.45, 2.75) is 13.5 Å². The maximum atomic E-state index is 12.5. The molecule has 0 bridgehead atoms. The molecule has 3 aromatic rings. The van der Waals surface area contributed by atoms with Crippen molar-refractivity contribution >= 4 is 17.8 Å². The minimum atomic E-state index is -0.312. The van der Waals surface area contributed by atoms with Crippen molar-refractivity contribution in [2.75, 3.05) is 33.3 Å². The lowest BCUT2D eigenvalue weighted by Crippen LogP contribution is -2.22. The fraction of sp³-hybridized carbons (Fsp3) is 0.250. The number of anilines is 1. The van der Waals surface area contributed by atoms with Gasteiger partial charge in [0.25, 0.3) is 5.91 Å². The van der Waals surface area contributed by atoms with Crippen LogP contribution < -0.4 is 24.3 Å². The SMILES string of the molecule is CC=Cc1ccc(OCC(=O)Nc2ccnn2Cc2ccc(OC)cc2OC)c(OC)c1. The first kappa shape index (κ1) is 22.7. The standard InChI is InChI=1S/C24H27N3O5/c1-5-6-17-7-10-20(22(13-17)31-4)32-16-24(28)26-23-11-12-25-27(23)15-18-8-9-19(29-2)14-21(18)30-3/h5-14H,15-16H2,1-4H3,(H,26,28). The Labute approximate surface area is 187 Å². The third-order valence-corrected chi connectivity index (χ3v) is 4.70. The highest BCUT2D eigenvalue weighted by Crippen LogP contribution is 2.29. The van der Waals surface area contributed by atoms with E-state index in [1.807, 2.05) is 43.3 Å². The molecule has 0 atom stereocenters. The summed E-state index contributed by atoms with van der Waals surface area (Å²) in [5.74, 6) is 2.66. The maximum absolute atomic E-state index is 12.5. The van der Waals surface area contributed by atoms with Crippen LogP contribution in [-0.2, 0) is 11.3 Å². The smallest absolute Gasteiger partial charge is 0.263 e. The first-order chi connectivity index (χ1) is 15.6. The summed E-state index contributed by atoms with van der Waals surface area (Å²) in [5, 5.41) is 7.13. The number of nitrogens with zero attached hydrogens (tertiary/aromatic N) is 2. The number of benzene rings is 2. The molecule has 0 aliphatic rings. The lowest BCUT2D eigenvalue weighted by Gasteiger charge is -2.14. The van der Waals surface area contributed by atoms with Crippen molar-refractivity contribution in [3.63, 3.8) is 0 Å². The number of carbonyl (C=O) groups excluding carboxylic acids is 1. The van der Waals surface area contributed by atoms with Crippen LogP contribution in [0.4, 0.5) is 5.82 Å². The number of amides is 1. The average Bonchev–Trinajstić information content (AvgIpc) is 3.24. The summed E-state index contributed by atoms with van der Waals surface area (Å²) in [7, 11) is 4.76. The fourth-order valence-corrected chi connectivity index (χ4v) is 3.13. The number of allylic oxidation sites excluding steroid dienone is 1. The van der Waals surface area contributed by atoms with E-state index in [0.29, 0.717) is 35.4 Å². The zero-order valence-corrected chi connectivity index (χ0v) is 18.6. The summed E-state index contributed by atoms with van der Waals surface area (Å²) in [6.45, 7) is 2.18. The van der Waals surface area contributed by atoms with Crippen LogP contribution in [0.3, 0.4) is 0 Å². The van der Waals surface area contributed by atoms with E-state index >= 15 is 0 Å². The highest BCUT2D eigenvalue weighted by molar-refractivity contribution is 5.91. The highest BCUT2D eigenvalue weighted by Gasteiger charge is 2.13. The number of hydrogen-bond acceptors (Lipinski definition) is 6. The van der Waals surface area contributed by atoms with Crippen LogP contribution in [0.5, 0.6) is 23.0 Å². The van der Waals surface area contributed by atoms with E-state index < -0.39 is 0 Å². The molecule has 1 aromatic heterocycles. The molecule has 1 amide bonds. The number of rotatable bonds is 10. The van der Waals surface area contributed by atoms with Gasteiger partial charge in [-0.05, 0) is 36.8 Å². The summed E-state index contributed by atoms with van der Waals surface area (Å²) in [6, 6.07) is 12.8. The van der Waals surface area contributed by atoms with Gasteiger partial charge in [0.15, 0.2) is 18.1 Å². The molecule has 0 saturated carbocycles. The van der Waals surface area contributed by atoms with Crippen LogP contribution in [0.1, 0.15) is 18.1 Å². The van der Waals surface area contributed by atoms with Crippen molar-refractivity contribution in [2.24, 2.45) is 0 Å². The topological polar surface area (TPSA) is 83.8 Å². The normalized spacial score (nSPS) is 10.8. The van der Waals surface area contributed by atoms with E-state index in [9.17, 15) is 4.79 Å². The Kier molecular flexibility index (Phi) is 7.75. The van der Waals surface area contributed by atoms with Gasteiger partial charge in [-0.15, -0.1) is 0 Å². The van der Waals surface area contributed by atoms with Crippen LogP contribution in [0.15, 0.2) is 54.7 Å². The minimum Gasteiger partial charge on any atom is -0.497 e. The Morgan fingerprint density at radius 2 is 1.81 bits per heavy atom. The van der Waals surface area contributed by atoms with E-state index in [1.54, 1.807) is 50.4 Å². The molecule has 8 nitrogen and oxygen atoms in total. The van der Waals surface area contributed by atoms with Gasteiger partial charge in [-0.3, -0.25) is 4.79 Å². The largest absolute Gasteiger partial charge is 0.497 e. The first-order valence-corrected chi connectivity index (χ1v) is 10.0. The molecule has 1 N–H and O–H groups in total. The summed E-state index contributed by atoms with van der Waals surface area (Å²) >= 11 is 0. The Hall–Kier alpha value is -3.94. The highest BCUT2D eigenvalue weighted by atomic mass is 16.5. The zero-order valence-electron chi connectivity index (χ0n) is 18.6. The summed E-state index contributed by atoms with van der Waals surface area (Å²) in [6.07, 6.45) is 5.51. The van der Waals surface area contributed by atoms with Crippen molar-refractivity contribution in [1.29, 1.82) is 0 Å². The molecule has 8 heteroatoms. The van der Waals surface area contributed by atoms with Gasteiger partial charge in [0.2, 0.25) is 0 Å². The number of methoxy groups -OCH3 is 3. The molecule has 0 aliphatic carbocycles. The second-order valence-corrected chi connectivity index (χ2v) is 6.80. The molecule has 0 aliphatic heterocycles. The average molecular weight is 437 g/mol. The van der Waals surface area contributed by atoms with Crippen molar-refractivity contribution < 1.29 is 23.7 Å². The van der Waals surface area contributed by atoms with Crippen molar-refractivity contribution in [3.05, 3.63) is 65.9 Å². The Morgan fingerprint density at radius 1 is 1.00 bits per heavy atom. The number of aromatic nitrogens is 2. The van der Waals surface area contributed by atoms with Crippen molar-refractivity contribution in [3.8, 4) is 23.0 Å². The number of nitrogens with one attached hydrogen (secondary N) is 1. The number of carbonyl (C=O) groups is 1. The predicted octanol–water partition coefficient (Wildman–Crippen LogP) is 4.01. The first-order valence-electron chi connectivity index (χ1n) is 10.0. The van der Waals surface area contributed by atoms with Crippen LogP contribution in [-0.4, -0.2) is 43.6 Å². The lowest BCUT2D eigenvalue weighted by molar-refractivity contribution is -0.118. The molecule has 0 fully saturated rings. The van der Waals surface area contributed by atoms with Crippen molar-refractivity contribution in [1.82, 2.24) is 9.78 Å². The molecular formula is C24H27N3O5. The van der Waals surface area contributed by atoms with Crippen LogP contribution in [0.2, 0.25) is 0 Å². The number of ether oxygens (including phenoxy) is 4. The molecule has 2 aromatic carbocycles. The van der Waals surface area contributed by atoms with Crippen LogP contribution in [0, 0.1) is 0 Å². The maximum Gasteiger partial charge on any atom is 0.263 e. The van der Waals surface area contributed by atoms with E-state index in [0.717, 1.165) is 11.1 Å². The van der Waals surface area contributed by atoms with Gasteiger partial charge in [-0.2, -0.15) is 5.10 Å². The predicted molar refractivity (Wildman–Crippen MR) is 123 cm³/mol. The van der Waals surface area contributed by atoms with Gasteiger partial charge < -0.3 is 24.3 Å². The number of hydrogen-bond donors (Lipinski definition) is 1. The van der Waals surface area contributed by atoms with Gasteiger partial charge in [0.05, 0.1) is 34.1 Å². The van der Waals surface area contributed by atoms with Crippen LogP contribution in [0.25, 0.3) is 6.08 Å². The van der Waals surface area contributed by atoms with E-state index in [1.165, 1.54) is 0 Å². The fourth-order valence-electron chi connectivity index (χ4n) is 3.13. The minimum absolute atomic E-state index is 0.170. The Morgan fingerprint density at radius 3 is 2.53 bits per heavy atom. The van der Waals surface area contributed by atoms with E-state index in [2.05, 4.69) is 10.4 Å². The third-order valence-electron chi connectivity index (χ3n) is 4.70. The third kappa shape index (κ3) is 5.60. The van der Waals surface area contributed by atoms with Gasteiger partial charge in [-0.1, -0.05) is 18.2 Å². The Bertz CT molecular complexity index is 1090. The zero-order chi connectivity index (χ0) is 22.9. The quantitative estimate of drug-likeness (QED) is 0.516. The molecule has 0 saturated heterocycles. The van der Waals surface area contributed by atoms with E-state index in [-0.39, 0.29) is 12.5 Å². The summed E-state index contributed by atoms with van der Waals surface area (Å²) in [5.41, 5.74) is 1.88. The molecule has 3 rings (SSSR count). The monoisotopic (exact) mass is 437 g/mol. The molecule has 168 valence electrons. The summed E-state index contributed by atoms with van der Waals surface area (Å²) in [4.78, 5) is 12.5. The second kappa shape index (κ2) is 10.9. The molecular weight excluding hydrogens is 410 g/mol. The lowest BCUT2D eigenvalue weighted by atomic mass is 10.2. The molecule has 0 spiro atoms. The van der Waals surface area contributed by atoms with Gasteiger partial charge in [-0.25, -0.2) is 4.68 Å². The molecule has 1 heterocycles. The second-order valence-electron chi connectivity index (χ2n) is 6.80. The molecule has 0 radical (unpaired) electrons. The molecule has 32 heavy (non-hydrogen) atoms. The Balaban J connectivity index is 1.65. The van der Waals surface area contributed by atoms with Gasteiger partial charge in [0, 0.05) is 17.7 Å². The molecule has 0 unspecified atom stereocenters. The van der Waals surface area contributed by atoms with Crippen LogP contribution >= 0.6 is 0 Å². The summed E-state index contributed by atoms with van der Waals surface area (Å²) < 4.78 is 23.4. The van der Waals surface area contributed by atoms with Gasteiger partial charge in [0.1, 0.15) is 17.3 Å².